The number of phenolic OH excluding ortho intramolecular Hbond substituents is 1. The van der Waals surface area contributed by atoms with Crippen LogP contribution in [0.2, 0.25) is 0 Å². The number of hydrogen-bond donors (Lipinski definition) is 2. The first-order valence-corrected chi connectivity index (χ1v) is 5.23. The molecule has 0 saturated heterocycles. The molecule has 2 rings (SSSR count). The Morgan fingerprint density at radius 2 is 2.00 bits per heavy atom. The van der Waals surface area contributed by atoms with E-state index >= 15 is 0 Å². The maximum absolute atomic E-state index is 9.31. The smallest absolute Gasteiger partial charge is 0.115 e. The summed E-state index contributed by atoms with van der Waals surface area (Å²) in [6, 6.07) is 10.9. The Morgan fingerprint density at radius 1 is 1.20 bits per heavy atom. The van der Waals surface area contributed by atoms with Crippen molar-refractivity contribution in [3.8, 4) is 5.75 Å². The quantitative estimate of drug-likeness (QED) is 0.849. The molecule has 1 aromatic carbocycles. The standard InChI is InChI=1S/C11H11NOS.ClH/c12-11(10-5-2-6-14-10)8-3-1-4-9(13)7-8;/h1-7,11,13H,12H2;1H/t11-;/m1./s1. The predicted octanol–water partition coefficient (Wildman–Crippen LogP) is 2.92. The normalized spacial score (nSPS) is 11.8. The Hall–Kier alpha value is -1.03. The maximum atomic E-state index is 9.31. The second-order valence-corrected chi connectivity index (χ2v) is 4.07. The molecule has 0 saturated carbocycles. The van der Waals surface area contributed by atoms with Crippen molar-refractivity contribution in [2.24, 2.45) is 5.73 Å². The fourth-order valence-electron chi connectivity index (χ4n) is 1.35. The molecule has 2 aromatic rings. The van der Waals surface area contributed by atoms with E-state index in [1.54, 1.807) is 29.5 Å². The van der Waals surface area contributed by atoms with Crippen LogP contribution in [-0.4, -0.2) is 5.11 Å². The largest absolute Gasteiger partial charge is 0.508 e. The fourth-order valence-corrected chi connectivity index (χ4v) is 2.10. The van der Waals surface area contributed by atoms with Gasteiger partial charge in [-0.15, -0.1) is 23.7 Å². The van der Waals surface area contributed by atoms with Crippen molar-refractivity contribution in [3.63, 3.8) is 0 Å². The van der Waals surface area contributed by atoms with E-state index < -0.39 is 0 Å². The monoisotopic (exact) mass is 241 g/mol. The number of thiophene rings is 1. The summed E-state index contributed by atoms with van der Waals surface area (Å²) in [5.41, 5.74) is 6.97. The molecule has 0 amide bonds. The van der Waals surface area contributed by atoms with Crippen LogP contribution in [0, 0.1) is 0 Å². The molecule has 15 heavy (non-hydrogen) atoms. The minimum atomic E-state index is -0.137. The minimum Gasteiger partial charge on any atom is -0.508 e. The molecule has 80 valence electrons. The Bertz CT molecular complexity index is 416. The molecule has 4 heteroatoms. The molecule has 0 aliphatic carbocycles. The first-order chi connectivity index (χ1) is 6.77. The molecule has 0 unspecified atom stereocenters. The third-order valence-corrected chi connectivity index (χ3v) is 3.03. The number of nitrogens with two attached hydrogens (primary N) is 1. The molecule has 1 heterocycles. The van der Waals surface area contributed by atoms with Gasteiger partial charge in [-0.2, -0.15) is 0 Å². The highest BCUT2D eigenvalue weighted by atomic mass is 35.5. The van der Waals surface area contributed by atoms with E-state index in [9.17, 15) is 5.11 Å². The van der Waals surface area contributed by atoms with Gasteiger partial charge in [0.25, 0.3) is 0 Å². The molecule has 3 N–H and O–H groups in total. The van der Waals surface area contributed by atoms with Crippen LogP contribution < -0.4 is 5.73 Å². The summed E-state index contributed by atoms with van der Waals surface area (Å²) in [4.78, 5) is 1.11. The first-order valence-electron chi connectivity index (χ1n) is 4.35. The number of phenols is 1. The number of hydrogen-bond acceptors (Lipinski definition) is 3. The highest BCUT2D eigenvalue weighted by molar-refractivity contribution is 7.10. The summed E-state index contributed by atoms with van der Waals surface area (Å²) in [7, 11) is 0. The Labute approximate surface area is 98.8 Å². The summed E-state index contributed by atoms with van der Waals surface area (Å²) >= 11 is 1.63. The van der Waals surface area contributed by atoms with Gasteiger partial charge in [0.1, 0.15) is 5.75 Å². The average molecular weight is 242 g/mol. The Balaban J connectivity index is 0.00000112. The number of halogens is 1. The van der Waals surface area contributed by atoms with Crippen LogP contribution in [0.4, 0.5) is 0 Å². The second kappa shape index (κ2) is 5.16. The summed E-state index contributed by atoms with van der Waals surface area (Å²) in [6.07, 6.45) is 0. The SMILES string of the molecule is Cl.N[C@H](c1cccc(O)c1)c1cccs1. The van der Waals surface area contributed by atoms with Gasteiger partial charge in [-0.1, -0.05) is 18.2 Å². The zero-order valence-electron chi connectivity index (χ0n) is 7.96. The van der Waals surface area contributed by atoms with Crippen molar-refractivity contribution >= 4 is 23.7 Å². The van der Waals surface area contributed by atoms with Crippen LogP contribution in [-0.2, 0) is 0 Å². The molecule has 0 fully saturated rings. The molecule has 0 radical (unpaired) electrons. The Kier molecular flexibility index (Phi) is 4.15. The van der Waals surface area contributed by atoms with Gasteiger partial charge in [-0.05, 0) is 29.1 Å². The van der Waals surface area contributed by atoms with Gasteiger partial charge in [-0.3, -0.25) is 0 Å². The van der Waals surface area contributed by atoms with E-state index in [1.165, 1.54) is 0 Å². The van der Waals surface area contributed by atoms with E-state index in [2.05, 4.69) is 0 Å². The molecular formula is C11H12ClNOS. The van der Waals surface area contributed by atoms with E-state index in [1.807, 2.05) is 23.6 Å². The van der Waals surface area contributed by atoms with Crippen molar-refractivity contribution < 1.29 is 5.11 Å². The van der Waals surface area contributed by atoms with Crippen molar-refractivity contribution in [2.75, 3.05) is 0 Å². The van der Waals surface area contributed by atoms with Crippen LogP contribution in [0.5, 0.6) is 5.75 Å². The van der Waals surface area contributed by atoms with Crippen LogP contribution in [0.3, 0.4) is 0 Å². The molecule has 2 nitrogen and oxygen atoms in total. The zero-order valence-corrected chi connectivity index (χ0v) is 9.59. The van der Waals surface area contributed by atoms with Crippen LogP contribution in [0.25, 0.3) is 0 Å². The van der Waals surface area contributed by atoms with E-state index in [0.717, 1.165) is 10.4 Å². The van der Waals surface area contributed by atoms with E-state index in [4.69, 9.17) is 5.73 Å². The van der Waals surface area contributed by atoms with Gasteiger partial charge in [0.05, 0.1) is 6.04 Å². The van der Waals surface area contributed by atoms with Gasteiger partial charge in [-0.25, -0.2) is 0 Å². The highest BCUT2D eigenvalue weighted by Crippen LogP contribution is 2.25. The van der Waals surface area contributed by atoms with Crippen molar-refractivity contribution in [1.82, 2.24) is 0 Å². The third-order valence-electron chi connectivity index (χ3n) is 2.08. The van der Waals surface area contributed by atoms with Crippen molar-refractivity contribution in [2.45, 2.75) is 6.04 Å². The number of aromatic hydroxyl groups is 1. The summed E-state index contributed by atoms with van der Waals surface area (Å²) in [5.74, 6) is 0.259. The topological polar surface area (TPSA) is 46.2 Å². The molecule has 0 aliphatic rings. The lowest BCUT2D eigenvalue weighted by Gasteiger charge is -2.09. The fraction of sp³-hybridized carbons (Fsp3) is 0.0909. The Morgan fingerprint density at radius 3 is 2.60 bits per heavy atom. The second-order valence-electron chi connectivity index (χ2n) is 3.09. The van der Waals surface area contributed by atoms with E-state index in [0.29, 0.717) is 0 Å². The van der Waals surface area contributed by atoms with Gasteiger partial charge in [0.15, 0.2) is 0 Å². The summed E-state index contributed by atoms with van der Waals surface area (Å²) in [6.45, 7) is 0. The van der Waals surface area contributed by atoms with Crippen LogP contribution >= 0.6 is 23.7 Å². The van der Waals surface area contributed by atoms with Gasteiger partial charge >= 0.3 is 0 Å². The van der Waals surface area contributed by atoms with Gasteiger partial charge in [0, 0.05) is 4.88 Å². The summed E-state index contributed by atoms with van der Waals surface area (Å²) in [5, 5.41) is 11.3. The predicted molar refractivity (Wildman–Crippen MR) is 65.7 cm³/mol. The van der Waals surface area contributed by atoms with Crippen molar-refractivity contribution in [1.29, 1.82) is 0 Å². The number of benzene rings is 1. The molecule has 1 atom stereocenters. The molecule has 0 aliphatic heterocycles. The lowest BCUT2D eigenvalue weighted by molar-refractivity contribution is 0.474. The van der Waals surface area contributed by atoms with Gasteiger partial charge < -0.3 is 10.8 Å². The lowest BCUT2D eigenvalue weighted by atomic mass is 10.1. The average Bonchev–Trinajstić information content (AvgIpc) is 2.69. The molecule has 0 spiro atoms. The lowest BCUT2D eigenvalue weighted by Crippen LogP contribution is -2.09. The third kappa shape index (κ3) is 2.72. The van der Waals surface area contributed by atoms with Crippen molar-refractivity contribution in [3.05, 3.63) is 52.2 Å². The van der Waals surface area contributed by atoms with Crippen LogP contribution in [0.1, 0.15) is 16.5 Å². The van der Waals surface area contributed by atoms with E-state index in [-0.39, 0.29) is 24.2 Å². The van der Waals surface area contributed by atoms with Crippen LogP contribution in [0.15, 0.2) is 41.8 Å². The number of rotatable bonds is 2. The molecule has 1 aromatic heterocycles. The molecule has 0 bridgehead atoms. The minimum absolute atomic E-state index is 0. The van der Waals surface area contributed by atoms with Gasteiger partial charge in [0.2, 0.25) is 0 Å². The highest BCUT2D eigenvalue weighted by Gasteiger charge is 2.09. The first kappa shape index (κ1) is 12.0. The maximum Gasteiger partial charge on any atom is 0.115 e. The zero-order chi connectivity index (χ0) is 9.97. The molecular weight excluding hydrogens is 230 g/mol. The summed E-state index contributed by atoms with van der Waals surface area (Å²) < 4.78 is 0.